The van der Waals surface area contributed by atoms with Crippen LogP contribution in [0.15, 0.2) is 30.3 Å². The van der Waals surface area contributed by atoms with E-state index in [-0.39, 0.29) is 17.9 Å². The normalized spacial score (nSPS) is 21.7. The molecule has 0 aromatic heterocycles. The number of ether oxygens (including phenoxy) is 1. The molecule has 5 nitrogen and oxygen atoms in total. The second kappa shape index (κ2) is 5.77. The molecule has 0 bridgehead atoms. The number of β-lactam (4-membered cyclic amide) rings is 1. The lowest BCUT2D eigenvalue weighted by atomic mass is 10.1. The van der Waals surface area contributed by atoms with Crippen molar-refractivity contribution < 1.29 is 14.3 Å². The molecule has 2 amide bonds. The molecule has 1 heterocycles. The fourth-order valence-electron chi connectivity index (χ4n) is 1.58. The number of rotatable bonds is 4. The third-order valence-corrected chi connectivity index (χ3v) is 3.51. The minimum Gasteiger partial charge on any atom is -0.445 e. The van der Waals surface area contributed by atoms with Crippen molar-refractivity contribution in [3.05, 3.63) is 35.9 Å². The quantitative estimate of drug-likeness (QED) is 0.801. The van der Waals surface area contributed by atoms with Gasteiger partial charge in [0, 0.05) is 0 Å². The van der Waals surface area contributed by atoms with E-state index in [1.807, 2.05) is 36.6 Å². The summed E-state index contributed by atoms with van der Waals surface area (Å²) in [5.74, 6) is -0.175. The average molecular weight is 266 g/mol. The monoisotopic (exact) mass is 266 g/mol. The van der Waals surface area contributed by atoms with E-state index in [4.69, 9.17) is 4.74 Å². The second-order valence-electron chi connectivity index (χ2n) is 3.85. The molecule has 6 heteroatoms. The van der Waals surface area contributed by atoms with Gasteiger partial charge >= 0.3 is 6.09 Å². The van der Waals surface area contributed by atoms with Gasteiger partial charge in [-0.25, -0.2) is 4.79 Å². The predicted octanol–water partition coefficient (Wildman–Crippen LogP) is 1.10. The van der Waals surface area contributed by atoms with Crippen LogP contribution >= 0.6 is 11.8 Å². The van der Waals surface area contributed by atoms with Crippen LogP contribution in [-0.2, 0) is 16.1 Å². The van der Waals surface area contributed by atoms with Gasteiger partial charge in [0.15, 0.2) is 0 Å². The number of carbonyl (C=O) groups is 2. The van der Waals surface area contributed by atoms with E-state index in [0.29, 0.717) is 0 Å². The highest BCUT2D eigenvalue weighted by Gasteiger charge is 2.40. The van der Waals surface area contributed by atoms with Crippen LogP contribution in [0, 0.1) is 0 Å². The molecule has 0 spiro atoms. The molecule has 0 aliphatic carbocycles. The smallest absolute Gasteiger partial charge is 0.408 e. The average Bonchev–Trinajstić information content (AvgIpc) is 2.41. The molecule has 0 saturated carbocycles. The third kappa shape index (κ3) is 2.95. The summed E-state index contributed by atoms with van der Waals surface area (Å²) in [5.41, 5.74) is 0.909. The number of alkyl carbamates (subject to hydrolysis) is 1. The Morgan fingerprint density at radius 3 is 2.78 bits per heavy atom. The van der Waals surface area contributed by atoms with Crippen LogP contribution in [0.5, 0.6) is 0 Å². The van der Waals surface area contributed by atoms with Crippen LogP contribution in [0.1, 0.15) is 5.56 Å². The Morgan fingerprint density at radius 1 is 1.44 bits per heavy atom. The van der Waals surface area contributed by atoms with Gasteiger partial charge in [0.2, 0.25) is 5.91 Å². The number of amides is 2. The molecule has 1 aromatic carbocycles. The highest BCUT2D eigenvalue weighted by molar-refractivity contribution is 7.99. The van der Waals surface area contributed by atoms with Crippen molar-refractivity contribution in [3.63, 3.8) is 0 Å². The van der Waals surface area contributed by atoms with Gasteiger partial charge in [0.25, 0.3) is 0 Å². The van der Waals surface area contributed by atoms with Crippen molar-refractivity contribution >= 4 is 23.8 Å². The van der Waals surface area contributed by atoms with Crippen molar-refractivity contribution in [1.82, 2.24) is 10.6 Å². The van der Waals surface area contributed by atoms with Gasteiger partial charge < -0.3 is 15.4 Å². The third-order valence-electron chi connectivity index (χ3n) is 2.61. The summed E-state index contributed by atoms with van der Waals surface area (Å²) in [6, 6.07) is 8.88. The lowest BCUT2D eigenvalue weighted by molar-refractivity contribution is -0.129. The first-order valence-corrected chi connectivity index (χ1v) is 6.80. The highest BCUT2D eigenvalue weighted by atomic mass is 32.2. The molecule has 96 valence electrons. The molecule has 0 radical (unpaired) electrons. The summed E-state index contributed by atoms with van der Waals surface area (Å²) in [5, 5.41) is 5.15. The summed E-state index contributed by atoms with van der Waals surface area (Å²) in [4.78, 5) is 22.7. The maximum Gasteiger partial charge on any atom is 0.408 e. The Hall–Kier alpha value is -1.69. The summed E-state index contributed by atoms with van der Waals surface area (Å²) >= 11 is 1.48. The summed E-state index contributed by atoms with van der Waals surface area (Å²) in [6.07, 6.45) is 1.30. The second-order valence-corrected chi connectivity index (χ2v) is 4.83. The zero-order valence-electron chi connectivity index (χ0n) is 9.88. The zero-order valence-corrected chi connectivity index (χ0v) is 10.7. The molecule has 0 unspecified atom stereocenters. The van der Waals surface area contributed by atoms with E-state index >= 15 is 0 Å². The number of carbonyl (C=O) groups excluding carboxylic acids is 2. The molecule has 2 rings (SSSR count). The number of benzene rings is 1. The molecule has 1 aliphatic rings. The van der Waals surface area contributed by atoms with E-state index < -0.39 is 12.1 Å². The van der Waals surface area contributed by atoms with E-state index in [2.05, 4.69) is 10.6 Å². The van der Waals surface area contributed by atoms with Gasteiger partial charge in [-0.1, -0.05) is 30.3 Å². The standard InChI is InChI=1S/C12H14N2O3S/c1-18-11-9(10(15)14-11)13-12(16)17-7-8-5-3-2-4-6-8/h2-6,9,11H,7H2,1H3,(H,13,16)(H,14,15)/t9-,11-/m1/s1. The zero-order chi connectivity index (χ0) is 13.0. The van der Waals surface area contributed by atoms with E-state index in [0.717, 1.165) is 5.56 Å². The summed E-state index contributed by atoms with van der Waals surface area (Å²) in [6.45, 7) is 0.199. The van der Waals surface area contributed by atoms with Crippen LogP contribution in [0.4, 0.5) is 4.79 Å². The lowest BCUT2D eigenvalue weighted by Gasteiger charge is -2.35. The molecule has 1 aliphatic heterocycles. The van der Waals surface area contributed by atoms with Crippen LogP contribution in [0.25, 0.3) is 0 Å². The van der Waals surface area contributed by atoms with Crippen LogP contribution in [-0.4, -0.2) is 29.7 Å². The largest absolute Gasteiger partial charge is 0.445 e. The van der Waals surface area contributed by atoms with Crippen LogP contribution in [0.3, 0.4) is 0 Å². The molecule has 1 fully saturated rings. The Balaban J connectivity index is 1.77. The molecule has 18 heavy (non-hydrogen) atoms. The van der Waals surface area contributed by atoms with Gasteiger partial charge in [-0.05, 0) is 11.8 Å². The van der Waals surface area contributed by atoms with E-state index in [1.54, 1.807) is 0 Å². The number of nitrogens with one attached hydrogen (secondary N) is 2. The number of hydrogen-bond acceptors (Lipinski definition) is 4. The SMILES string of the molecule is CS[C@H]1NC(=O)[C@H]1NC(=O)OCc1ccccc1. The minimum atomic E-state index is -0.572. The Labute approximate surface area is 109 Å². The first kappa shape index (κ1) is 12.8. The molecule has 2 atom stereocenters. The van der Waals surface area contributed by atoms with Crippen LogP contribution in [0.2, 0.25) is 0 Å². The first-order valence-electron chi connectivity index (χ1n) is 5.51. The van der Waals surface area contributed by atoms with Gasteiger partial charge in [0.1, 0.15) is 18.0 Å². The van der Waals surface area contributed by atoms with Gasteiger partial charge in [-0.2, -0.15) is 0 Å². The molecular weight excluding hydrogens is 252 g/mol. The topological polar surface area (TPSA) is 67.4 Å². The van der Waals surface area contributed by atoms with Crippen molar-refractivity contribution in [3.8, 4) is 0 Å². The van der Waals surface area contributed by atoms with Gasteiger partial charge in [0.05, 0.1) is 0 Å². The fraction of sp³-hybridized carbons (Fsp3) is 0.333. The molecule has 1 saturated heterocycles. The van der Waals surface area contributed by atoms with Crippen LogP contribution < -0.4 is 10.6 Å². The highest BCUT2D eigenvalue weighted by Crippen LogP contribution is 2.16. The van der Waals surface area contributed by atoms with Gasteiger partial charge in [-0.3, -0.25) is 4.79 Å². The predicted molar refractivity (Wildman–Crippen MR) is 69.0 cm³/mol. The summed E-state index contributed by atoms with van der Waals surface area (Å²) < 4.78 is 5.04. The molecular formula is C12H14N2O3S. The lowest BCUT2D eigenvalue weighted by Crippen LogP contribution is -2.67. The van der Waals surface area contributed by atoms with Crippen molar-refractivity contribution in [2.75, 3.05) is 6.26 Å². The maximum atomic E-state index is 11.5. The molecule has 1 aromatic rings. The first-order chi connectivity index (χ1) is 8.70. The van der Waals surface area contributed by atoms with Gasteiger partial charge in [-0.15, -0.1) is 11.8 Å². The Kier molecular flexibility index (Phi) is 4.09. The Bertz CT molecular complexity index is 438. The molecule has 2 N–H and O–H groups in total. The van der Waals surface area contributed by atoms with Crippen molar-refractivity contribution in [1.29, 1.82) is 0 Å². The minimum absolute atomic E-state index is 0.0678. The fourth-order valence-corrected chi connectivity index (χ4v) is 2.28. The van der Waals surface area contributed by atoms with E-state index in [1.165, 1.54) is 11.8 Å². The van der Waals surface area contributed by atoms with E-state index in [9.17, 15) is 9.59 Å². The maximum absolute atomic E-state index is 11.5. The number of hydrogen-bond donors (Lipinski definition) is 2. The Morgan fingerprint density at radius 2 is 2.17 bits per heavy atom. The number of thioether (sulfide) groups is 1. The van der Waals surface area contributed by atoms with Crippen molar-refractivity contribution in [2.24, 2.45) is 0 Å². The van der Waals surface area contributed by atoms with Crippen molar-refractivity contribution in [2.45, 2.75) is 18.0 Å². The summed E-state index contributed by atoms with van der Waals surface area (Å²) in [7, 11) is 0.